The van der Waals surface area contributed by atoms with Crippen LogP contribution in [0.3, 0.4) is 0 Å². The molecule has 0 amide bonds. The highest BCUT2D eigenvalue weighted by Gasteiger charge is 2.32. The van der Waals surface area contributed by atoms with Gasteiger partial charge in [-0.15, -0.1) is 0 Å². The molecule has 18 heavy (non-hydrogen) atoms. The summed E-state index contributed by atoms with van der Waals surface area (Å²) < 4.78 is 22.8. The number of nitrogens with one attached hydrogen (secondary N) is 1. The molecule has 3 atom stereocenters. The minimum Gasteiger partial charge on any atom is -0.361 e. The third-order valence-corrected chi connectivity index (χ3v) is 7.01. The lowest BCUT2D eigenvalue weighted by atomic mass is 9.86. The Morgan fingerprint density at radius 2 is 2.06 bits per heavy atom. The average Bonchev–Trinajstić information content (AvgIpc) is 2.68. The first-order chi connectivity index (χ1) is 8.62. The molecule has 3 aliphatic rings. The second-order valence-corrected chi connectivity index (χ2v) is 8.84. The molecule has 1 saturated heterocycles. The lowest BCUT2D eigenvalue weighted by Gasteiger charge is -2.33. The molecule has 4 nitrogen and oxygen atoms in total. The molecule has 2 aliphatic heterocycles. The van der Waals surface area contributed by atoms with Crippen molar-refractivity contribution in [1.29, 1.82) is 0 Å². The van der Waals surface area contributed by atoms with Gasteiger partial charge in [-0.05, 0) is 25.2 Å². The van der Waals surface area contributed by atoms with Crippen LogP contribution in [0.25, 0.3) is 0 Å². The van der Waals surface area contributed by atoms with Gasteiger partial charge in [0.2, 0.25) is 0 Å². The van der Waals surface area contributed by atoms with Crippen LogP contribution in [0.4, 0.5) is 0 Å². The number of fused-ring (bicyclic) bond motifs is 1. The number of hydrogen-bond donors (Lipinski definition) is 1. The number of aliphatic imine (C=N–C) groups is 1. The van der Waals surface area contributed by atoms with Crippen molar-refractivity contribution in [2.24, 2.45) is 10.9 Å². The van der Waals surface area contributed by atoms with Gasteiger partial charge in [-0.25, -0.2) is 8.42 Å². The topological polar surface area (TPSA) is 58.5 Å². The number of amidine groups is 1. The van der Waals surface area contributed by atoms with Crippen molar-refractivity contribution in [1.82, 2.24) is 5.32 Å². The first kappa shape index (κ1) is 12.8. The molecule has 0 aromatic heterocycles. The van der Waals surface area contributed by atoms with E-state index >= 15 is 0 Å². The van der Waals surface area contributed by atoms with Gasteiger partial charge in [0.1, 0.15) is 0 Å². The minimum absolute atomic E-state index is 0.0846. The zero-order valence-electron chi connectivity index (χ0n) is 10.5. The van der Waals surface area contributed by atoms with Crippen LogP contribution >= 0.6 is 11.8 Å². The van der Waals surface area contributed by atoms with E-state index in [0.29, 0.717) is 11.8 Å². The third-order valence-electron chi connectivity index (χ3n) is 4.15. The lowest BCUT2D eigenvalue weighted by Crippen LogP contribution is -2.39. The second kappa shape index (κ2) is 5.04. The van der Waals surface area contributed by atoms with Crippen LogP contribution in [-0.2, 0) is 9.84 Å². The average molecular weight is 288 g/mol. The molecule has 0 bridgehead atoms. The summed E-state index contributed by atoms with van der Waals surface area (Å²) in [5, 5.41) is 4.33. The van der Waals surface area contributed by atoms with Crippen molar-refractivity contribution < 1.29 is 8.42 Å². The SMILES string of the molecule is O=S1(=O)CCC(NC2=NC3CCCCC3CS2)C1. The van der Waals surface area contributed by atoms with Gasteiger partial charge in [0.15, 0.2) is 15.0 Å². The van der Waals surface area contributed by atoms with Crippen molar-refractivity contribution >= 4 is 26.8 Å². The standard InChI is InChI=1S/C12H20N2O2S2/c15-18(16)6-5-10(8-18)13-12-14-11-4-2-1-3-9(11)7-17-12/h9-11H,1-8H2,(H,13,14). The van der Waals surface area contributed by atoms with Crippen LogP contribution in [0.2, 0.25) is 0 Å². The molecule has 1 saturated carbocycles. The van der Waals surface area contributed by atoms with Crippen LogP contribution in [0, 0.1) is 5.92 Å². The maximum atomic E-state index is 11.4. The number of sulfone groups is 1. The van der Waals surface area contributed by atoms with Crippen LogP contribution < -0.4 is 5.32 Å². The van der Waals surface area contributed by atoms with Crippen molar-refractivity contribution in [2.45, 2.75) is 44.2 Å². The molecule has 2 heterocycles. The Hall–Kier alpha value is -0.230. The Morgan fingerprint density at radius 3 is 2.83 bits per heavy atom. The molecule has 1 N–H and O–H groups in total. The summed E-state index contributed by atoms with van der Waals surface area (Å²) in [6.07, 6.45) is 5.89. The van der Waals surface area contributed by atoms with Gasteiger partial charge in [-0.1, -0.05) is 24.6 Å². The van der Waals surface area contributed by atoms with E-state index in [1.54, 1.807) is 11.8 Å². The Bertz CT molecular complexity index is 447. The van der Waals surface area contributed by atoms with Gasteiger partial charge >= 0.3 is 0 Å². The largest absolute Gasteiger partial charge is 0.361 e. The van der Waals surface area contributed by atoms with Gasteiger partial charge in [-0.3, -0.25) is 4.99 Å². The second-order valence-electron chi connectivity index (χ2n) is 5.60. The molecule has 0 aromatic rings. The summed E-state index contributed by atoms with van der Waals surface area (Å²) in [5.41, 5.74) is 0. The molecule has 3 unspecified atom stereocenters. The normalized spacial score (nSPS) is 38.9. The smallest absolute Gasteiger partial charge is 0.157 e. The fourth-order valence-corrected chi connectivity index (χ4v) is 5.98. The van der Waals surface area contributed by atoms with E-state index in [0.717, 1.165) is 23.3 Å². The van der Waals surface area contributed by atoms with E-state index in [1.807, 2.05) is 0 Å². The molecule has 2 fully saturated rings. The van der Waals surface area contributed by atoms with Crippen LogP contribution in [0.15, 0.2) is 4.99 Å². The maximum Gasteiger partial charge on any atom is 0.157 e. The van der Waals surface area contributed by atoms with Crippen LogP contribution in [0.1, 0.15) is 32.1 Å². The fourth-order valence-electron chi connectivity index (χ4n) is 3.09. The predicted molar refractivity (Wildman–Crippen MR) is 75.8 cm³/mol. The van der Waals surface area contributed by atoms with E-state index in [1.165, 1.54) is 25.7 Å². The molecule has 1 aliphatic carbocycles. The molecule has 3 rings (SSSR count). The van der Waals surface area contributed by atoms with Crippen LogP contribution in [-0.4, -0.2) is 42.9 Å². The van der Waals surface area contributed by atoms with E-state index in [-0.39, 0.29) is 11.8 Å². The summed E-state index contributed by atoms with van der Waals surface area (Å²) in [4.78, 5) is 4.79. The third kappa shape index (κ3) is 2.85. The van der Waals surface area contributed by atoms with E-state index in [9.17, 15) is 8.42 Å². The summed E-state index contributed by atoms with van der Waals surface area (Å²) in [6, 6.07) is 0.571. The number of thioether (sulfide) groups is 1. The van der Waals surface area contributed by atoms with Gasteiger partial charge in [0.05, 0.1) is 17.5 Å². The Morgan fingerprint density at radius 1 is 1.22 bits per heavy atom. The fraction of sp³-hybridized carbons (Fsp3) is 0.917. The summed E-state index contributed by atoms with van der Waals surface area (Å²) >= 11 is 1.78. The molecule has 0 aromatic carbocycles. The van der Waals surface area contributed by atoms with Crippen molar-refractivity contribution in [3.05, 3.63) is 0 Å². The van der Waals surface area contributed by atoms with Gasteiger partial charge in [0, 0.05) is 11.8 Å². The quantitative estimate of drug-likeness (QED) is 0.793. The highest BCUT2D eigenvalue weighted by atomic mass is 32.2. The van der Waals surface area contributed by atoms with E-state index < -0.39 is 9.84 Å². The van der Waals surface area contributed by atoms with Crippen molar-refractivity contribution in [2.75, 3.05) is 17.3 Å². The van der Waals surface area contributed by atoms with Gasteiger partial charge in [-0.2, -0.15) is 0 Å². The Balaban J connectivity index is 1.62. The molecular weight excluding hydrogens is 268 g/mol. The summed E-state index contributed by atoms with van der Waals surface area (Å²) in [6.45, 7) is 0. The maximum absolute atomic E-state index is 11.4. The van der Waals surface area contributed by atoms with Crippen LogP contribution in [0.5, 0.6) is 0 Å². The highest BCUT2D eigenvalue weighted by molar-refractivity contribution is 8.13. The number of hydrogen-bond acceptors (Lipinski definition) is 5. The zero-order chi connectivity index (χ0) is 12.6. The summed E-state index contributed by atoms with van der Waals surface area (Å²) in [7, 11) is -2.80. The Labute approximate surface area is 113 Å². The first-order valence-corrected chi connectivity index (χ1v) is 9.61. The number of rotatable bonds is 1. The predicted octanol–water partition coefficient (Wildman–Crippen LogP) is 1.42. The molecule has 102 valence electrons. The minimum atomic E-state index is -2.80. The van der Waals surface area contributed by atoms with E-state index in [2.05, 4.69) is 5.32 Å². The molecule has 0 spiro atoms. The van der Waals surface area contributed by atoms with Crippen molar-refractivity contribution in [3.63, 3.8) is 0 Å². The highest BCUT2D eigenvalue weighted by Crippen LogP contribution is 2.33. The van der Waals surface area contributed by atoms with Gasteiger partial charge in [0.25, 0.3) is 0 Å². The Kier molecular flexibility index (Phi) is 3.58. The zero-order valence-corrected chi connectivity index (χ0v) is 12.1. The van der Waals surface area contributed by atoms with Gasteiger partial charge < -0.3 is 5.32 Å². The molecular formula is C12H20N2O2S2. The van der Waals surface area contributed by atoms with E-state index in [4.69, 9.17) is 4.99 Å². The summed E-state index contributed by atoms with van der Waals surface area (Å²) in [5.74, 6) is 2.51. The number of nitrogens with zero attached hydrogens (tertiary/aromatic N) is 1. The molecule has 0 radical (unpaired) electrons. The monoisotopic (exact) mass is 288 g/mol. The molecule has 6 heteroatoms. The lowest BCUT2D eigenvalue weighted by molar-refractivity contribution is 0.335. The van der Waals surface area contributed by atoms with Crippen molar-refractivity contribution in [3.8, 4) is 0 Å². The first-order valence-electron chi connectivity index (χ1n) is 6.80.